The number of amides is 1. The van der Waals surface area contributed by atoms with Crippen LogP contribution in [0.1, 0.15) is 34.1 Å². The lowest BCUT2D eigenvalue weighted by atomic mass is 10.0. The summed E-state index contributed by atoms with van der Waals surface area (Å²) in [6, 6.07) is 0.0236. The molecule has 0 aliphatic rings. The van der Waals surface area contributed by atoms with Crippen molar-refractivity contribution in [1.82, 2.24) is 5.32 Å². The summed E-state index contributed by atoms with van der Waals surface area (Å²) in [5.41, 5.74) is 5.63. The van der Waals surface area contributed by atoms with Gasteiger partial charge in [0, 0.05) is 19.2 Å². The Kier molecular flexibility index (Phi) is 9.92. The Bertz CT molecular complexity index is 222. The van der Waals surface area contributed by atoms with E-state index in [1.54, 1.807) is 6.92 Å². The molecule has 0 spiro atoms. The lowest BCUT2D eigenvalue weighted by Gasteiger charge is -2.21. The second-order valence-electron chi connectivity index (χ2n) is 4.78. The van der Waals surface area contributed by atoms with Crippen molar-refractivity contribution in [2.45, 2.75) is 46.3 Å². The summed E-state index contributed by atoms with van der Waals surface area (Å²) in [6.45, 7) is 9.94. The molecule has 0 bridgehead atoms. The molecule has 0 aromatic carbocycles. The van der Waals surface area contributed by atoms with Crippen molar-refractivity contribution in [3.63, 3.8) is 0 Å². The lowest BCUT2D eigenvalue weighted by molar-refractivity contribution is -0.133. The van der Waals surface area contributed by atoms with Crippen molar-refractivity contribution in [2.75, 3.05) is 26.4 Å². The lowest BCUT2D eigenvalue weighted by Crippen LogP contribution is -2.45. The van der Waals surface area contributed by atoms with Gasteiger partial charge in [-0.25, -0.2) is 0 Å². The molecule has 1 amide bonds. The first-order valence-electron chi connectivity index (χ1n) is 6.71. The molecule has 2 atom stereocenters. The monoisotopic (exact) mass is 260 g/mol. The minimum Gasteiger partial charge on any atom is -0.379 e. The smallest absolute Gasteiger partial charge is 0.249 e. The van der Waals surface area contributed by atoms with Gasteiger partial charge in [0.1, 0.15) is 6.10 Å². The number of carbonyl (C=O) groups is 1. The molecule has 0 rings (SSSR count). The number of carbonyl (C=O) groups excluding carboxylic acids is 1. The molecular weight excluding hydrogens is 232 g/mol. The second-order valence-corrected chi connectivity index (χ2v) is 4.78. The molecule has 0 saturated carbocycles. The van der Waals surface area contributed by atoms with Crippen LogP contribution in [0.15, 0.2) is 0 Å². The third-order valence-corrected chi connectivity index (χ3v) is 2.56. The zero-order chi connectivity index (χ0) is 14.0. The molecule has 0 aliphatic heterocycles. The Labute approximate surface area is 110 Å². The average Bonchev–Trinajstić information content (AvgIpc) is 2.32. The topological polar surface area (TPSA) is 73.6 Å². The van der Waals surface area contributed by atoms with Crippen LogP contribution >= 0.6 is 0 Å². The SMILES string of the molecule is CCOCCOC(C)C(=O)NC(CN)CC(C)C. The quantitative estimate of drug-likeness (QED) is 0.573. The van der Waals surface area contributed by atoms with Crippen molar-refractivity contribution in [3.8, 4) is 0 Å². The molecule has 0 fully saturated rings. The molecule has 0 aromatic heterocycles. The van der Waals surface area contributed by atoms with Crippen LogP contribution in [0.3, 0.4) is 0 Å². The van der Waals surface area contributed by atoms with Crippen LogP contribution in [-0.2, 0) is 14.3 Å². The van der Waals surface area contributed by atoms with Gasteiger partial charge in [-0.05, 0) is 26.2 Å². The molecule has 0 heterocycles. The van der Waals surface area contributed by atoms with E-state index in [2.05, 4.69) is 19.2 Å². The van der Waals surface area contributed by atoms with Gasteiger partial charge in [-0.1, -0.05) is 13.8 Å². The molecule has 108 valence electrons. The largest absolute Gasteiger partial charge is 0.379 e. The maximum Gasteiger partial charge on any atom is 0.249 e. The van der Waals surface area contributed by atoms with Crippen LogP contribution in [0.25, 0.3) is 0 Å². The fourth-order valence-electron chi connectivity index (χ4n) is 1.61. The molecule has 0 radical (unpaired) electrons. The van der Waals surface area contributed by atoms with Crippen molar-refractivity contribution >= 4 is 5.91 Å². The Morgan fingerprint density at radius 1 is 1.28 bits per heavy atom. The normalized spacial score (nSPS) is 14.6. The van der Waals surface area contributed by atoms with Crippen LogP contribution in [0.2, 0.25) is 0 Å². The zero-order valence-electron chi connectivity index (χ0n) is 12.1. The van der Waals surface area contributed by atoms with Crippen molar-refractivity contribution in [2.24, 2.45) is 11.7 Å². The molecular formula is C13H28N2O3. The highest BCUT2D eigenvalue weighted by atomic mass is 16.5. The highest BCUT2D eigenvalue weighted by Crippen LogP contribution is 2.04. The summed E-state index contributed by atoms with van der Waals surface area (Å²) in [7, 11) is 0. The summed E-state index contributed by atoms with van der Waals surface area (Å²) in [4.78, 5) is 11.8. The van der Waals surface area contributed by atoms with Crippen molar-refractivity contribution in [1.29, 1.82) is 0 Å². The standard InChI is InChI=1S/C13H28N2O3/c1-5-17-6-7-18-11(4)13(16)15-12(9-14)8-10(2)3/h10-12H,5-9,14H2,1-4H3,(H,15,16). The fourth-order valence-corrected chi connectivity index (χ4v) is 1.61. The number of hydrogen-bond acceptors (Lipinski definition) is 4. The fraction of sp³-hybridized carbons (Fsp3) is 0.923. The van der Waals surface area contributed by atoms with Gasteiger partial charge in [0.25, 0.3) is 0 Å². The van der Waals surface area contributed by atoms with E-state index < -0.39 is 6.10 Å². The van der Waals surface area contributed by atoms with E-state index in [0.717, 1.165) is 6.42 Å². The summed E-state index contributed by atoms with van der Waals surface area (Å²) in [5.74, 6) is 0.399. The molecule has 5 heteroatoms. The van der Waals surface area contributed by atoms with Crippen LogP contribution in [0.5, 0.6) is 0 Å². The summed E-state index contributed by atoms with van der Waals surface area (Å²) in [5, 5.41) is 2.91. The van der Waals surface area contributed by atoms with Gasteiger partial charge in [-0.2, -0.15) is 0 Å². The van der Waals surface area contributed by atoms with E-state index in [9.17, 15) is 4.79 Å². The van der Waals surface area contributed by atoms with Crippen LogP contribution in [0.4, 0.5) is 0 Å². The molecule has 2 unspecified atom stereocenters. The Hall–Kier alpha value is -0.650. The number of rotatable bonds is 10. The van der Waals surface area contributed by atoms with Crippen LogP contribution in [-0.4, -0.2) is 44.4 Å². The van der Waals surface area contributed by atoms with E-state index in [1.807, 2.05) is 6.92 Å². The van der Waals surface area contributed by atoms with E-state index in [-0.39, 0.29) is 11.9 Å². The zero-order valence-corrected chi connectivity index (χ0v) is 12.1. The molecule has 0 saturated heterocycles. The van der Waals surface area contributed by atoms with Gasteiger partial charge in [0.15, 0.2) is 0 Å². The molecule has 5 nitrogen and oxygen atoms in total. The minimum absolute atomic E-state index is 0.0236. The molecule has 18 heavy (non-hydrogen) atoms. The van der Waals surface area contributed by atoms with Gasteiger partial charge in [0.2, 0.25) is 5.91 Å². The predicted octanol–water partition coefficient (Wildman–Crippen LogP) is 0.918. The van der Waals surface area contributed by atoms with E-state index in [0.29, 0.717) is 32.3 Å². The molecule has 0 aliphatic carbocycles. The number of ether oxygens (including phenoxy) is 2. The summed E-state index contributed by atoms with van der Waals surface area (Å²) >= 11 is 0. The summed E-state index contributed by atoms with van der Waals surface area (Å²) in [6.07, 6.45) is 0.417. The van der Waals surface area contributed by atoms with Gasteiger partial charge in [-0.3, -0.25) is 4.79 Å². The van der Waals surface area contributed by atoms with E-state index >= 15 is 0 Å². The number of nitrogens with one attached hydrogen (secondary N) is 1. The van der Waals surface area contributed by atoms with Gasteiger partial charge in [0.05, 0.1) is 13.2 Å². The highest BCUT2D eigenvalue weighted by molar-refractivity contribution is 5.80. The third kappa shape index (κ3) is 8.44. The number of nitrogens with two attached hydrogens (primary N) is 1. The maximum atomic E-state index is 11.8. The second kappa shape index (κ2) is 10.3. The molecule has 0 aromatic rings. The van der Waals surface area contributed by atoms with Gasteiger partial charge >= 0.3 is 0 Å². The highest BCUT2D eigenvalue weighted by Gasteiger charge is 2.17. The average molecular weight is 260 g/mol. The van der Waals surface area contributed by atoms with Crippen molar-refractivity contribution in [3.05, 3.63) is 0 Å². The first-order chi connectivity index (χ1) is 8.51. The number of hydrogen-bond donors (Lipinski definition) is 2. The van der Waals surface area contributed by atoms with Crippen molar-refractivity contribution < 1.29 is 14.3 Å². The maximum absolute atomic E-state index is 11.8. The third-order valence-electron chi connectivity index (χ3n) is 2.56. The van der Waals surface area contributed by atoms with E-state index in [1.165, 1.54) is 0 Å². The predicted molar refractivity (Wildman–Crippen MR) is 72.3 cm³/mol. The molecule has 3 N–H and O–H groups in total. The first-order valence-corrected chi connectivity index (χ1v) is 6.71. The van der Waals surface area contributed by atoms with Gasteiger partial charge < -0.3 is 20.5 Å². The first kappa shape index (κ1) is 17.4. The Morgan fingerprint density at radius 2 is 1.94 bits per heavy atom. The Balaban J connectivity index is 3.89. The van der Waals surface area contributed by atoms with Gasteiger partial charge in [-0.15, -0.1) is 0 Å². The Morgan fingerprint density at radius 3 is 2.44 bits per heavy atom. The van der Waals surface area contributed by atoms with Crippen LogP contribution in [0, 0.1) is 5.92 Å². The van der Waals surface area contributed by atoms with E-state index in [4.69, 9.17) is 15.2 Å². The minimum atomic E-state index is -0.466. The summed E-state index contributed by atoms with van der Waals surface area (Å²) < 4.78 is 10.5. The van der Waals surface area contributed by atoms with Crippen LogP contribution < -0.4 is 11.1 Å².